The molecule has 0 aliphatic carbocycles. The van der Waals surface area contributed by atoms with Crippen LogP contribution in [0.1, 0.15) is 6.42 Å². The predicted molar refractivity (Wildman–Crippen MR) is 97.9 cm³/mol. The first kappa shape index (κ1) is 20.7. The Kier molecular flexibility index (Phi) is 5.23. The van der Waals surface area contributed by atoms with Gasteiger partial charge < -0.3 is 0 Å². The maximum atomic E-state index is 13.7. The third kappa shape index (κ3) is 4.03. The van der Waals surface area contributed by atoms with Crippen LogP contribution in [0.4, 0.5) is 14.5 Å². The molecule has 1 aliphatic rings. The molecule has 0 radical (unpaired) electrons. The molecule has 2 aromatic carbocycles. The van der Waals surface area contributed by atoms with Crippen molar-refractivity contribution in [1.82, 2.24) is 0 Å². The predicted octanol–water partition coefficient (Wildman–Crippen LogP) is 1.73. The van der Waals surface area contributed by atoms with Gasteiger partial charge in [0.1, 0.15) is 17.3 Å². The normalized spacial score (nSPS) is 19.4. The summed E-state index contributed by atoms with van der Waals surface area (Å²) < 4.78 is 103. The fraction of sp³-hybridized carbons (Fsp3) is 0.250. The molecule has 12 heteroatoms. The zero-order chi connectivity index (χ0) is 20.7. The van der Waals surface area contributed by atoms with Gasteiger partial charge >= 0.3 is 0 Å². The van der Waals surface area contributed by atoms with Gasteiger partial charge in [0.05, 0.1) is 26.5 Å². The lowest BCUT2D eigenvalue weighted by molar-refractivity contribution is 0.580. The number of nitrogens with one attached hydrogen (secondary N) is 1. The monoisotopic (exact) mass is 451 g/mol. The maximum absolute atomic E-state index is 13.7. The van der Waals surface area contributed by atoms with Gasteiger partial charge in [0.15, 0.2) is 19.7 Å². The Bertz CT molecular complexity index is 1220. The molecule has 152 valence electrons. The van der Waals surface area contributed by atoms with Gasteiger partial charge in [-0.1, -0.05) is 12.1 Å². The Hall–Kier alpha value is -2.05. The van der Waals surface area contributed by atoms with Crippen molar-refractivity contribution in [2.24, 2.45) is 0 Å². The first-order valence-electron chi connectivity index (χ1n) is 7.94. The number of rotatable bonds is 5. The summed E-state index contributed by atoms with van der Waals surface area (Å²) in [6, 6.07) is 6.98. The van der Waals surface area contributed by atoms with Gasteiger partial charge in [-0.05, 0) is 36.8 Å². The first-order chi connectivity index (χ1) is 12.9. The summed E-state index contributed by atoms with van der Waals surface area (Å²) in [4.78, 5) is -0.913. The fourth-order valence-corrected chi connectivity index (χ4v) is 8.40. The summed E-state index contributed by atoms with van der Waals surface area (Å²) in [7, 11) is -12.1. The third-order valence-corrected chi connectivity index (χ3v) is 9.79. The van der Waals surface area contributed by atoms with Crippen LogP contribution in [0, 0.1) is 11.6 Å². The van der Waals surface area contributed by atoms with E-state index in [9.17, 15) is 34.0 Å². The SMILES string of the molecule is O=S1(=O)CCC(S(=O)(=O)c2cccc(S(=O)(=O)Nc3c(F)cccc3F)c2)C1. The Morgan fingerprint density at radius 1 is 0.929 bits per heavy atom. The van der Waals surface area contributed by atoms with E-state index in [1.165, 1.54) is 0 Å². The molecule has 0 amide bonds. The number of anilines is 1. The van der Waals surface area contributed by atoms with E-state index >= 15 is 0 Å². The summed E-state index contributed by atoms with van der Waals surface area (Å²) in [6.07, 6.45) is -0.0830. The van der Waals surface area contributed by atoms with Crippen molar-refractivity contribution < 1.29 is 34.0 Å². The lowest BCUT2D eigenvalue weighted by Gasteiger charge is -2.13. The molecule has 0 aromatic heterocycles. The highest BCUT2D eigenvalue weighted by Gasteiger charge is 2.38. The number of hydrogen-bond acceptors (Lipinski definition) is 6. The van der Waals surface area contributed by atoms with Gasteiger partial charge in [-0.3, -0.25) is 4.72 Å². The second-order valence-electron chi connectivity index (χ2n) is 6.25. The number of benzene rings is 2. The van der Waals surface area contributed by atoms with Gasteiger partial charge in [0.25, 0.3) is 10.0 Å². The minimum absolute atomic E-state index is 0.0830. The molecular weight excluding hydrogens is 436 g/mol. The molecule has 1 atom stereocenters. The summed E-state index contributed by atoms with van der Waals surface area (Å²) >= 11 is 0. The van der Waals surface area contributed by atoms with Crippen LogP contribution in [-0.2, 0) is 29.7 Å². The third-order valence-electron chi connectivity index (χ3n) is 4.27. The lowest BCUT2D eigenvalue weighted by atomic mass is 10.3. The van der Waals surface area contributed by atoms with Crippen molar-refractivity contribution >= 4 is 35.4 Å². The average molecular weight is 451 g/mol. The lowest BCUT2D eigenvalue weighted by Crippen LogP contribution is -2.23. The summed E-state index contributed by atoms with van der Waals surface area (Å²) in [5.41, 5.74) is -0.891. The van der Waals surface area contributed by atoms with Gasteiger partial charge in [0, 0.05) is 0 Å². The zero-order valence-electron chi connectivity index (χ0n) is 14.2. The number of halogens is 2. The topological polar surface area (TPSA) is 114 Å². The van der Waals surface area contributed by atoms with E-state index in [-0.39, 0.29) is 17.1 Å². The Balaban J connectivity index is 1.97. The summed E-state index contributed by atoms with van der Waals surface area (Å²) in [5.74, 6) is -3.07. The van der Waals surface area contributed by atoms with E-state index in [1.807, 2.05) is 0 Å². The Morgan fingerprint density at radius 2 is 1.50 bits per heavy atom. The first-order valence-corrected chi connectivity index (χ1v) is 12.8. The highest BCUT2D eigenvalue weighted by Crippen LogP contribution is 2.28. The summed E-state index contributed by atoms with van der Waals surface area (Å²) in [5, 5.41) is -1.17. The Morgan fingerprint density at radius 3 is 2.07 bits per heavy atom. The van der Waals surface area contributed by atoms with Crippen molar-refractivity contribution in [3.63, 3.8) is 0 Å². The van der Waals surface area contributed by atoms with Crippen molar-refractivity contribution in [3.05, 3.63) is 54.1 Å². The average Bonchev–Trinajstić information content (AvgIpc) is 2.99. The van der Waals surface area contributed by atoms with E-state index in [2.05, 4.69) is 0 Å². The van der Waals surface area contributed by atoms with E-state index in [4.69, 9.17) is 0 Å². The molecule has 1 saturated heterocycles. The van der Waals surface area contributed by atoms with Crippen molar-refractivity contribution in [2.45, 2.75) is 21.5 Å². The molecule has 0 spiro atoms. The number of hydrogen-bond donors (Lipinski definition) is 1. The van der Waals surface area contributed by atoms with Crippen LogP contribution in [0.3, 0.4) is 0 Å². The molecule has 1 aliphatic heterocycles. The molecule has 0 saturated carbocycles. The quantitative estimate of drug-likeness (QED) is 0.741. The fourth-order valence-electron chi connectivity index (χ4n) is 2.81. The van der Waals surface area contributed by atoms with E-state index < -0.39 is 62.9 Å². The second-order valence-corrected chi connectivity index (χ2v) is 12.4. The molecule has 0 bridgehead atoms. The molecule has 28 heavy (non-hydrogen) atoms. The molecule has 2 aromatic rings. The van der Waals surface area contributed by atoms with E-state index in [1.54, 1.807) is 4.72 Å². The minimum atomic E-state index is -4.50. The van der Waals surface area contributed by atoms with E-state index in [0.717, 1.165) is 42.5 Å². The van der Waals surface area contributed by atoms with Gasteiger partial charge in [-0.2, -0.15) is 0 Å². The number of para-hydroxylation sites is 1. The number of sulfone groups is 2. The standard InChI is InChI=1S/C16H15F2NO6S3/c17-14-5-2-6-15(18)16(14)19-28(24,25)12-4-1-3-11(9-12)27(22,23)13-7-8-26(20,21)10-13/h1-6,9,13,19H,7-8,10H2. The molecule has 1 heterocycles. The van der Waals surface area contributed by atoms with Crippen LogP contribution in [-0.4, -0.2) is 42.0 Å². The molecule has 1 N–H and O–H groups in total. The van der Waals surface area contributed by atoms with Gasteiger partial charge in [-0.15, -0.1) is 0 Å². The second kappa shape index (κ2) is 7.08. The smallest absolute Gasteiger partial charge is 0.262 e. The van der Waals surface area contributed by atoms with Crippen molar-refractivity contribution in [2.75, 3.05) is 16.2 Å². The van der Waals surface area contributed by atoms with Crippen LogP contribution in [0.15, 0.2) is 52.3 Å². The highest BCUT2D eigenvalue weighted by molar-refractivity contribution is 7.96. The number of sulfonamides is 1. The van der Waals surface area contributed by atoms with Crippen molar-refractivity contribution in [3.8, 4) is 0 Å². The maximum Gasteiger partial charge on any atom is 0.262 e. The van der Waals surface area contributed by atoms with E-state index in [0.29, 0.717) is 0 Å². The zero-order valence-corrected chi connectivity index (χ0v) is 16.6. The minimum Gasteiger partial charge on any atom is -0.274 e. The Labute approximate surface area is 161 Å². The molecule has 7 nitrogen and oxygen atoms in total. The molecule has 1 fully saturated rings. The molecular formula is C16H15F2NO6S3. The van der Waals surface area contributed by atoms with Crippen LogP contribution in [0.25, 0.3) is 0 Å². The van der Waals surface area contributed by atoms with Crippen molar-refractivity contribution in [1.29, 1.82) is 0 Å². The highest BCUT2D eigenvalue weighted by atomic mass is 32.2. The van der Waals surface area contributed by atoms with Gasteiger partial charge in [-0.25, -0.2) is 34.0 Å². The van der Waals surface area contributed by atoms with Gasteiger partial charge in [0.2, 0.25) is 0 Å². The summed E-state index contributed by atoms with van der Waals surface area (Å²) in [6.45, 7) is 0. The van der Waals surface area contributed by atoms with Crippen LogP contribution >= 0.6 is 0 Å². The van der Waals surface area contributed by atoms with Crippen LogP contribution < -0.4 is 4.72 Å². The largest absolute Gasteiger partial charge is 0.274 e. The molecule has 3 rings (SSSR count). The molecule has 1 unspecified atom stereocenters. The van der Waals surface area contributed by atoms with Crippen LogP contribution in [0.2, 0.25) is 0 Å². The van der Waals surface area contributed by atoms with Crippen LogP contribution in [0.5, 0.6) is 0 Å².